The van der Waals surface area contributed by atoms with Gasteiger partial charge in [0.2, 0.25) is 0 Å². The Morgan fingerprint density at radius 1 is 1.11 bits per heavy atom. The van der Waals surface area contributed by atoms with Crippen LogP contribution in [0.5, 0.6) is 5.75 Å². The molecular weight excluding hydrogens is 240 g/mol. The van der Waals surface area contributed by atoms with Crippen LogP contribution in [-0.4, -0.2) is 18.2 Å². The van der Waals surface area contributed by atoms with E-state index in [4.69, 9.17) is 9.84 Å². The highest BCUT2D eigenvalue weighted by Gasteiger charge is 2.13. The number of methoxy groups -OCH3 is 1. The Bertz CT molecular complexity index is 573. The van der Waals surface area contributed by atoms with Gasteiger partial charge in [0, 0.05) is 5.56 Å². The lowest BCUT2D eigenvalue weighted by Crippen LogP contribution is -2.06. The van der Waals surface area contributed by atoms with Gasteiger partial charge in [0.15, 0.2) is 0 Å². The number of para-hydroxylation sites is 1. The van der Waals surface area contributed by atoms with Gasteiger partial charge in [-0.3, -0.25) is 4.79 Å². The molecule has 1 N–H and O–H groups in total. The number of rotatable bonds is 4. The fourth-order valence-electron chi connectivity index (χ4n) is 1.98. The lowest BCUT2D eigenvalue weighted by atomic mass is 9.97. The molecule has 0 saturated heterocycles. The van der Waals surface area contributed by atoms with E-state index in [0.717, 1.165) is 22.4 Å². The molecule has 0 bridgehead atoms. The van der Waals surface area contributed by atoms with Gasteiger partial charge < -0.3 is 9.84 Å². The maximum atomic E-state index is 10.9. The molecule has 2 aromatic carbocycles. The Kier molecular flexibility index (Phi) is 3.85. The van der Waals surface area contributed by atoms with Crippen molar-refractivity contribution in [3.63, 3.8) is 0 Å². The first kappa shape index (κ1) is 13.1. The molecule has 1 atom stereocenters. The summed E-state index contributed by atoms with van der Waals surface area (Å²) in [7, 11) is 1.64. The summed E-state index contributed by atoms with van der Waals surface area (Å²) < 4.78 is 5.32. The second-order valence-electron chi connectivity index (χ2n) is 4.38. The van der Waals surface area contributed by atoms with Crippen molar-refractivity contribution < 1.29 is 14.6 Å². The van der Waals surface area contributed by atoms with Crippen LogP contribution in [0.15, 0.2) is 48.5 Å². The number of hydrogen-bond donors (Lipinski definition) is 1. The van der Waals surface area contributed by atoms with Crippen LogP contribution in [0.3, 0.4) is 0 Å². The zero-order valence-corrected chi connectivity index (χ0v) is 11.0. The largest absolute Gasteiger partial charge is 0.496 e. The Balaban J connectivity index is 2.35. The summed E-state index contributed by atoms with van der Waals surface area (Å²) in [5.74, 6) is -0.502. The van der Waals surface area contributed by atoms with E-state index in [9.17, 15) is 4.79 Å². The topological polar surface area (TPSA) is 46.5 Å². The first-order chi connectivity index (χ1) is 9.13. The molecule has 0 spiro atoms. The Labute approximate surface area is 112 Å². The molecule has 1 unspecified atom stereocenters. The SMILES string of the molecule is COc1ccccc1-c1ccc(C(C)C(=O)O)cc1. The Hall–Kier alpha value is -2.29. The standard InChI is InChI=1S/C16H16O3/c1-11(16(17)18)12-7-9-13(10-8-12)14-5-3-4-6-15(14)19-2/h3-11H,1-2H3,(H,17,18). The molecule has 0 aliphatic heterocycles. The van der Waals surface area contributed by atoms with E-state index in [1.807, 2.05) is 48.5 Å². The van der Waals surface area contributed by atoms with E-state index in [2.05, 4.69) is 0 Å². The highest BCUT2D eigenvalue weighted by molar-refractivity contribution is 5.76. The summed E-state index contributed by atoms with van der Waals surface area (Å²) in [4.78, 5) is 10.9. The van der Waals surface area contributed by atoms with Gasteiger partial charge in [-0.1, -0.05) is 42.5 Å². The molecule has 0 aliphatic carbocycles. The van der Waals surface area contributed by atoms with Crippen molar-refractivity contribution in [2.75, 3.05) is 7.11 Å². The second-order valence-corrected chi connectivity index (χ2v) is 4.38. The van der Waals surface area contributed by atoms with Gasteiger partial charge in [-0.05, 0) is 24.1 Å². The van der Waals surface area contributed by atoms with Crippen LogP contribution in [0.1, 0.15) is 18.4 Å². The summed E-state index contributed by atoms with van der Waals surface area (Å²) in [6.07, 6.45) is 0. The fraction of sp³-hybridized carbons (Fsp3) is 0.188. The van der Waals surface area contributed by atoms with E-state index in [1.54, 1.807) is 14.0 Å². The zero-order chi connectivity index (χ0) is 13.8. The highest BCUT2D eigenvalue weighted by Crippen LogP contribution is 2.30. The van der Waals surface area contributed by atoms with Gasteiger partial charge in [-0.15, -0.1) is 0 Å². The van der Waals surface area contributed by atoms with Crippen molar-refractivity contribution in [3.05, 3.63) is 54.1 Å². The molecule has 2 aromatic rings. The molecule has 0 aromatic heterocycles. The fourth-order valence-corrected chi connectivity index (χ4v) is 1.98. The van der Waals surface area contributed by atoms with Gasteiger partial charge in [-0.2, -0.15) is 0 Å². The number of aliphatic carboxylic acids is 1. The first-order valence-corrected chi connectivity index (χ1v) is 6.09. The molecule has 0 saturated carbocycles. The predicted octanol–water partition coefficient (Wildman–Crippen LogP) is 3.55. The average molecular weight is 256 g/mol. The third-order valence-electron chi connectivity index (χ3n) is 3.20. The minimum Gasteiger partial charge on any atom is -0.496 e. The zero-order valence-electron chi connectivity index (χ0n) is 11.0. The Morgan fingerprint density at radius 2 is 1.74 bits per heavy atom. The quantitative estimate of drug-likeness (QED) is 0.910. The summed E-state index contributed by atoms with van der Waals surface area (Å²) in [6, 6.07) is 15.3. The molecule has 0 fully saturated rings. The normalized spacial score (nSPS) is 11.9. The number of carboxylic acids is 1. The number of ether oxygens (including phenoxy) is 1. The van der Waals surface area contributed by atoms with Crippen LogP contribution in [0.25, 0.3) is 11.1 Å². The minimum atomic E-state index is -0.815. The van der Waals surface area contributed by atoms with E-state index < -0.39 is 11.9 Å². The van der Waals surface area contributed by atoms with Gasteiger partial charge in [0.1, 0.15) is 5.75 Å². The van der Waals surface area contributed by atoms with Gasteiger partial charge >= 0.3 is 5.97 Å². The molecule has 0 aliphatic rings. The second kappa shape index (κ2) is 5.57. The molecular formula is C16H16O3. The van der Waals surface area contributed by atoms with Crippen LogP contribution in [0.2, 0.25) is 0 Å². The maximum absolute atomic E-state index is 10.9. The van der Waals surface area contributed by atoms with Crippen molar-refractivity contribution in [3.8, 4) is 16.9 Å². The number of carbonyl (C=O) groups is 1. The third kappa shape index (κ3) is 2.76. The van der Waals surface area contributed by atoms with E-state index in [0.29, 0.717) is 0 Å². The highest BCUT2D eigenvalue weighted by atomic mass is 16.5. The van der Waals surface area contributed by atoms with Crippen molar-refractivity contribution in [1.29, 1.82) is 0 Å². The van der Waals surface area contributed by atoms with Crippen LogP contribution in [-0.2, 0) is 4.79 Å². The van der Waals surface area contributed by atoms with Crippen molar-refractivity contribution in [1.82, 2.24) is 0 Å². The van der Waals surface area contributed by atoms with Crippen LogP contribution < -0.4 is 4.74 Å². The van der Waals surface area contributed by atoms with Gasteiger partial charge in [0.25, 0.3) is 0 Å². The maximum Gasteiger partial charge on any atom is 0.310 e. The lowest BCUT2D eigenvalue weighted by molar-refractivity contribution is -0.138. The monoisotopic (exact) mass is 256 g/mol. The van der Waals surface area contributed by atoms with E-state index in [1.165, 1.54) is 0 Å². The lowest BCUT2D eigenvalue weighted by Gasteiger charge is -2.10. The predicted molar refractivity (Wildman–Crippen MR) is 74.5 cm³/mol. The molecule has 0 radical (unpaired) electrons. The van der Waals surface area contributed by atoms with Crippen molar-refractivity contribution >= 4 is 5.97 Å². The van der Waals surface area contributed by atoms with Gasteiger partial charge in [0.05, 0.1) is 13.0 Å². The first-order valence-electron chi connectivity index (χ1n) is 6.09. The number of carboxylic acid groups (broad SMARTS) is 1. The van der Waals surface area contributed by atoms with Crippen LogP contribution in [0.4, 0.5) is 0 Å². The summed E-state index contributed by atoms with van der Waals surface area (Å²) in [6.45, 7) is 1.68. The van der Waals surface area contributed by atoms with Crippen molar-refractivity contribution in [2.24, 2.45) is 0 Å². The van der Waals surface area contributed by atoms with Crippen molar-refractivity contribution in [2.45, 2.75) is 12.8 Å². The Morgan fingerprint density at radius 3 is 2.32 bits per heavy atom. The van der Waals surface area contributed by atoms with Gasteiger partial charge in [-0.25, -0.2) is 0 Å². The molecule has 3 nitrogen and oxygen atoms in total. The summed E-state index contributed by atoms with van der Waals surface area (Å²) in [5.41, 5.74) is 2.81. The average Bonchev–Trinajstić information content (AvgIpc) is 2.46. The molecule has 2 rings (SSSR count). The molecule has 3 heteroatoms. The van der Waals surface area contributed by atoms with E-state index >= 15 is 0 Å². The number of hydrogen-bond acceptors (Lipinski definition) is 2. The molecule has 19 heavy (non-hydrogen) atoms. The molecule has 0 heterocycles. The number of benzene rings is 2. The summed E-state index contributed by atoms with van der Waals surface area (Å²) in [5, 5.41) is 8.98. The third-order valence-corrected chi connectivity index (χ3v) is 3.20. The van der Waals surface area contributed by atoms with E-state index in [-0.39, 0.29) is 0 Å². The minimum absolute atomic E-state index is 0.494. The smallest absolute Gasteiger partial charge is 0.310 e. The van der Waals surface area contributed by atoms with Crippen LogP contribution >= 0.6 is 0 Å². The summed E-state index contributed by atoms with van der Waals surface area (Å²) >= 11 is 0. The molecule has 98 valence electrons. The molecule has 0 amide bonds. The van der Waals surface area contributed by atoms with Crippen LogP contribution in [0, 0.1) is 0 Å².